The molecule has 1 aliphatic heterocycles. The van der Waals surface area contributed by atoms with Crippen LogP contribution in [0.4, 0.5) is 0 Å². The van der Waals surface area contributed by atoms with E-state index in [9.17, 15) is 4.79 Å². The molecule has 0 aromatic carbocycles. The van der Waals surface area contributed by atoms with Crippen molar-refractivity contribution in [3.63, 3.8) is 0 Å². The number of allylic oxidation sites excluding steroid dienone is 1. The molecule has 0 aromatic heterocycles. The standard InChI is InChI=1S/C10H18N2O/c1-3-4-9-6-12(8(2)13)7-10(9)5-11/h3,9-10H,1,4-7,11H2,2H3/t9-,10-/m0/s1. The van der Waals surface area contributed by atoms with Gasteiger partial charge in [-0.1, -0.05) is 6.08 Å². The Hall–Kier alpha value is -0.830. The molecule has 2 atom stereocenters. The Kier molecular flexibility index (Phi) is 3.48. The fraction of sp³-hybridized carbons (Fsp3) is 0.700. The lowest BCUT2D eigenvalue weighted by atomic mass is 9.93. The highest BCUT2D eigenvalue weighted by Crippen LogP contribution is 2.25. The predicted octanol–water partition coefficient (Wildman–Crippen LogP) is 0.616. The van der Waals surface area contributed by atoms with Gasteiger partial charge in [-0.2, -0.15) is 0 Å². The van der Waals surface area contributed by atoms with Gasteiger partial charge in [0.05, 0.1) is 0 Å². The first-order valence-corrected chi connectivity index (χ1v) is 4.75. The number of hydrogen-bond acceptors (Lipinski definition) is 2. The van der Waals surface area contributed by atoms with Gasteiger partial charge in [0, 0.05) is 20.0 Å². The van der Waals surface area contributed by atoms with Crippen LogP contribution in [0.25, 0.3) is 0 Å². The molecule has 3 heteroatoms. The van der Waals surface area contributed by atoms with Crippen molar-refractivity contribution in [3.8, 4) is 0 Å². The summed E-state index contributed by atoms with van der Waals surface area (Å²) in [6.07, 6.45) is 2.88. The number of amides is 1. The van der Waals surface area contributed by atoms with Gasteiger partial charge in [0.2, 0.25) is 5.91 Å². The Labute approximate surface area is 79.6 Å². The van der Waals surface area contributed by atoms with Crippen LogP contribution in [0.2, 0.25) is 0 Å². The molecule has 0 spiro atoms. The van der Waals surface area contributed by atoms with E-state index in [0.29, 0.717) is 18.4 Å². The third kappa shape index (κ3) is 2.31. The Balaban J connectivity index is 2.55. The zero-order chi connectivity index (χ0) is 9.84. The number of likely N-dealkylation sites (tertiary alicyclic amines) is 1. The van der Waals surface area contributed by atoms with E-state index in [2.05, 4.69) is 6.58 Å². The van der Waals surface area contributed by atoms with E-state index in [0.717, 1.165) is 19.5 Å². The Morgan fingerprint density at radius 2 is 2.23 bits per heavy atom. The van der Waals surface area contributed by atoms with Gasteiger partial charge in [0.1, 0.15) is 0 Å². The highest BCUT2D eigenvalue weighted by atomic mass is 16.2. The topological polar surface area (TPSA) is 46.3 Å². The van der Waals surface area contributed by atoms with Crippen LogP contribution in [0.1, 0.15) is 13.3 Å². The van der Waals surface area contributed by atoms with Crippen molar-refractivity contribution in [1.29, 1.82) is 0 Å². The molecule has 13 heavy (non-hydrogen) atoms. The average molecular weight is 182 g/mol. The molecule has 0 saturated carbocycles. The van der Waals surface area contributed by atoms with Gasteiger partial charge in [0.25, 0.3) is 0 Å². The quantitative estimate of drug-likeness (QED) is 0.650. The molecular weight excluding hydrogens is 164 g/mol. The molecule has 0 unspecified atom stereocenters. The molecule has 1 fully saturated rings. The fourth-order valence-corrected chi connectivity index (χ4v) is 1.94. The lowest BCUT2D eigenvalue weighted by Crippen LogP contribution is -2.27. The minimum Gasteiger partial charge on any atom is -0.342 e. The average Bonchev–Trinajstić information content (AvgIpc) is 2.48. The molecule has 1 heterocycles. The van der Waals surface area contributed by atoms with Gasteiger partial charge in [0.15, 0.2) is 0 Å². The molecule has 0 bridgehead atoms. The van der Waals surface area contributed by atoms with Crippen molar-refractivity contribution in [2.75, 3.05) is 19.6 Å². The second kappa shape index (κ2) is 4.42. The number of carbonyl (C=O) groups is 1. The van der Waals surface area contributed by atoms with Gasteiger partial charge < -0.3 is 10.6 Å². The third-order valence-corrected chi connectivity index (χ3v) is 2.79. The Morgan fingerprint density at radius 1 is 1.62 bits per heavy atom. The van der Waals surface area contributed by atoms with Crippen molar-refractivity contribution < 1.29 is 4.79 Å². The Bertz CT molecular complexity index is 203. The van der Waals surface area contributed by atoms with Crippen LogP contribution >= 0.6 is 0 Å². The lowest BCUT2D eigenvalue weighted by Gasteiger charge is -2.12. The van der Waals surface area contributed by atoms with Crippen molar-refractivity contribution in [2.24, 2.45) is 17.6 Å². The lowest BCUT2D eigenvalue weighted by molar-refractivity contribution is -0.128. The van der Waals surface area contributed by atoms with Crippen molar-refractivity contribution in [1.82, 2.24) is 4.90 Å². The minimum absolute atomic E-state index is 0.157. The highest BCUT2D eigenvalue weighted by Gasteiger charge is 2.31. The second-order valence-corrected chi connectivity index (χ2v) is 3.70. The maximum atomic E-state index is 11.1. The molecule has 1 aliphatic rings. The van der Waals surface area contributed by atoms with Gasteiger partial charge in [-0.3, -0.25) is 4.79 Å². The smallest absolute Gasteiger partial charge is 0.219 e. The van der Waals surface area contributed by atoms with E-state index in [4.69, 9.17) is 5.73 Å². The van der Waals surface area contributed by atoms with E-state index < -0.39 is 0 Å². The van der Waals surface area contributed by atoms with E-state index in [-0.39, 0.29) is 5.91 Å². The summed E-state index contributed by atoms with van der Waals surface area (Å²) in [5.74, 6) is 1.14. The molecule has 0 aliphatic carbocycles. The molecule has 0 aromatic rings. The predicted molar refractivity (Wildman–Crippen MR) is 53.1 cm³/mol. The maximum Gasteiger partial charge on any atom is 0.219 e. The zero-order valence-electron chi connectivity index (χ0n) is 8.20. The van der Waals surface area contributed by atoms with Crippen molar-refractivity contribution in [2.45, 2.75) is 13.3 Å². The zero-order valence-corrected chi connectivity index (χ0v) is 8.20. The van der Waals surface area contributed by atoms with Crippen LogP contribution in [0.3, 0.4) is 0 Å². The number of nitrogens with two attached hydrogens (primary N) is 1. The molecule has 0 radical (unpaired) electrons. The molecular formula is C10H18N2O. The first-order chi connectivity index (χ1) is 6.19. The molecule has 3 nitrogen and oxygen atoms in total. The molecule has 2 N–H and O–H groups in total. The highest BCUT2D eigenvalue weighted by molar-refractivity contribution is 5.73. The maximum absolute atomic E-state index is 11.1. The number of rotatable bonds is 3. The summed E-state index contributed by atoms with van der Waals surface area (Å²) >= 11 is 0. The summed E-state index contributed by atoms with van der Waals surface area (Å²) in [5, 5.41) is 0. The monoisotopic (exact) mass is 182 g/mol. The van der Waals surface area contributed by atoms with E-state index in [1.54, 1.807) is 6.92 Å². The Morgan fingerprint density at radius 3 is 2.69 bits per heavy atom. The van der Waals surface area contributed by atoms with Crippen LogP contribution in [-0.4, -0.2) is 30.4 Å². The van der Waals surface area contributed by atoms with Crippen molar-refractivity contribution in [3.05, 3.63) is 12.7 Å². The largest absolute Gasteiger partial charge is 0.342 e. The van der Waals surface area contributed by atoms with Crippen LogP contribution in [-0.2, 0) is 4.79 Å². The van der Waals surface area contributed by atoms with Crippen LogP contribution in [0, 0.1) is 11.8 Å². The summed E-state index contributed by atoms with van der Waals surface area (Å²) in [4.78, 5) is 13.0. The van der Waals surface area contributed by atoms with E-state index >= 15 is 0 Å². The summed E-state index contributed by atoms with van der Waals surface area (Å²) in [6.45, 7) is 7.68. The molecule has 1 amide bonds. The van der Waals surface area contributed by atoms with Gasteiger partial charge in [-0.25, -0.2) is 0 Å². The van der Waals surface area contributed by atoms with Gasteiger partial charge in [-0.15, -0.1) is 6.58 Å². The van der Waals surface area contributed by atoms with Crippen molar-refractivity contribution >= 4 is 5.91 Å². The van der Waals surface area contributed by atoms with Crippen LogP contribution < -0.4 is 5.73 Å². The number of hydrogen-bond donors (Lipinski definition) is 1. The van der Waals surface area contributed by atoms with Gasteiger partial charge >= 0.3 is 0 Å². The summed E-state index contributed by atoms with van der Waals surface area (Å²) in [7, 11) is 0. The SMILES string of the molecule is C=CC[C@H]1CN(C(C)=O)C[C@@H]1CN. The summed E-state index contributed by atoms with van der Waals surface area (Å²) in [6, 6.07) is 0. The van der Waals surface area contributed by atoms with Crippen LogP contribution in [0.15, 0.2) is 12.7 Å². The molecule has 74 valence electrons. The minimum atomic E-state index is 0.157. The first kappa shape index (κ1) is 10.3. The normalized spacial score (nSPS) is 27.7. The van der Waals surface area contributed by atoms with E-state index in [1.165, 1.54) is 0 Å². The molecule has 1 rings (SSSR count). The van der Waals surface area contributed by atoms with Crippen LogP contribution in [0.5, 0.6) is 0 Å². The summed E-state index contributed by atoms with van der Waals surface area (Å²) in [5.41, 5.74) is 5.64. The second-order valence-electron chi connectivity index (χ2n) is 3.70. The first-order valence-electron chi connectivity index (χ1n) is 4.75. The fourth-order valence-electron chi connectivity index (χ4n) is 1.94. The number of carbonyl (C=O) groups excluding carboxylic acids is 1. The molecule has 1 saturated heterocycles. The third-order valence-electron chi connectivity index (χ3n) is 2.79. The summed E-state index contributed by atoms with van der Waals surface area (Å²) < 4.78 is 0. The van der Waals surface area contributed by atoms with Gasteiger partial charge in [-0.05, 0) is 24.8 Å². The van der Waals surface area contributed by atoms with E-state index in [1.807, 2.05) is 11.0 Å². The number of nitrogens with zero attached hydrogens (tertiary/aromatic N) is 1.